The second-order valence-electron chi connectivity index (χ2n) is 4.26. The number of carbonyl (C=O) groups is 1. The van der Waals surface area contributed by atoms with Gasteiger partial charge in [0.2, 0.25) is 0 Å². The van der Waals surface area contributed by atoms with Gasteiger partial charge >= 0.3 is 5.97 Å². The number of carbonyl (C=O) groups excluding carboxylic acids is 1. The zero-order valence-corrected chi connectivity index (χ0v) is 12.7. The highest BCUT2D eigenvalue weighted by molar-refractivity contribution is 7.80. The molecule has 1 aromatic carbocycles. The average molecular weight is 293 g/mol. The summed E-state index contributed by atoms with van der Waals surface area (Å²) >= 11 is 5.11. The highest BCUT2D eigenvalue weighted by Crippen LogP contribution is 2.08. The smallest absolute Gasteiger partial charge is 0.311 e. The molecule has 0 atom stereocenters. The maximum absolute atomic E-state index is 11.2. The molecule has 0 saturated carbocycles. The molecule has 0 radical (unpaired) electrons. The minimum absolute atomic E-state index is 0.147. The second-order valence-corrected chi connectivity index (χ2v) is 4.67. The van der Waals surface area contributed by atoms with Gasteiger partial charge < -0.3 is 10.1 Å². The van der Waals surface area contributed by atoms with Crippen LogP contribution in [0.1, 0.15) is 25.8 Å². The topological polar surface area (TPSA) is 62.7 Å². The average Bonchev–Trinajstić information content (AvgIpc) is 2.39. The number of hydrogen-bond donors (Lipinski definition) is 2. The number of aryl methyl sites for hydroxylation is 1. The molecule has 2 N–H and O–H groups in total. The van der Waals surface area contributed by atoms with Crippen molar-refractivity contribution >= 4 is 34.7 Å². The summed E-state index contributed by atoms with van der Waals surface area (Å²) in [5, 5.41) is 7.39. The quantitative estimate of drug-likeness (QED) is 0.378. The van der Waals surface area contributed by atoms with Crippen LogP contribution in [0.4, 0.5) is 5.69 Å². The van der Waals surface area contributed by atoms with Crippen LogP contribution in [0.5, 0.6) is 0 Å². The molecule has 0 aliphatic carbocycles. The summed E-state index contributed by atoms with van der Waals surface area (Å²) in [4.78, 5) is 11.2. The van der Waals surface area contributed by atoms with Crippen molar-refractivity contribution in [2.45, 2.75) is 27.2 Å². The third-order valence-corrected chi connectivity index (χ3v) is 2.56. The number of nitrogens with zero attached hydrogens (tertiary/aromatic N) is 1. The molecule has 0 heterocycles. The van der Waals surface area contributed by atoms with Crippen LogP contribution in [-0.4, -0.2) is 23.4 Å². The summed E-state index contributed by atoms with van der Waals surface area (Å²) in [5.41, 5.74) is 5.36. The molecule has 5 nitrogen and oxygen atoms in total. The van der Waals surface area contributed by atoms with Gasteiger partial charge in [-0.1, -0.05) is 17.7 Å². The van der Waals surface area contributed by atoms with Gasteiger partial charge in [-0.15, -0.1) is 0 Å². The van der Waals surface area contributed by atoms with Crippen LogP contribution in [0.3, 0.4) is 0 Å². The lowest BCUT2D eigenvalue weighted by Gasteiger charge is -2.08. The Hall–Kier alpha value is -1.95. The fourth-order valence-corrected chi connectivity index (χ4v) is 1.57. The molecular formula is C14H19N3O2S. The molecule has 0 amide bonds. The molecule has 0 unspecified atom stereocenters. The molecule has 6 heteroatoms. The van der Waals surface area contributed by atoms with Gasteiger partial charge in [-0.2, -0.15) is 5.10 Å². The molecule has 0 aliphatic heterocycles. The van der Waals surface area contributed by atoms with E-state index in [0.717, 1.165) is 5.69 Å². The Kier molecular flexibility index (Phi) is 6.66. The summed E-state index contributed by atoms with van der Waals surface area (Å²) in [6.07, 6.45) is 0.147. The molecule has 0 spiro atoms. The number of thiocarbonyl (C=S) groups is 1. The van der Waals surface area contributed by atoms with E-state index in [1.165, 1.54) is 5.56 Å². The van der Waals surface area contributed by atoms with Crippen molar-refractivity contribution in [2.24, 2.45) is 5.10 Å². The summed E-state index contributed by atoms with van der Waals surface area (Å²) in [7, 11) is 0. The van der Waals surface area contributed by atoms with Crippen molar-refractivity contribution in [3.05, 3.63) is 29.8 Å². The van der Waals surface area contributed by atoms with Gasteiger partial charge in [0.25, 0.3) is 0 Å². The predicted molar refractivity (Wildman–Crippen MR) is 84.9 cm³/mol. The Bertz CT molecular complexity index is 498. The predicted octanol–water partition coefficient (Wildman–Crippen LogP) is 2.61. The molecule has 0 aromatic heterocycles. The zero-order chi connectivity index (χ0) is 15.0. The number of rotatable bonds is 5. The lowest BCUT2D eigenvalue weighted by Crippen LogP contribution is -2.25. The molecule has 0 fully saturated rings. The van der Waals surface area contributed by atoms with Gasteiger partial charge in [0.15, 0.2) is 5.11 Å². The van der Waals surface area contributed by atoms with E-state index in [1.54, 1.807) is 13.8 Å². The first-order valence-electron chi connectivity index (χ1n) is 6.33. The van der Waals surface area contributed by atoms with Crippen molar-refractivity contribution in [2.75, 3.05) is 11.9 Å². The summed E-state index contributed by atoms with van der Waals surface area (Å²) < 4.78 is 4.83. The van der Waals surface area contributed by atoms with Crippen molar-refractivity contribution in [3.8, 4) is 0 Å². The Balaban J connectivity index is 2.42. The molecule has 0 aliphatic rings. The lowest BCUT2D eigenvalue weighted by molar-refractivity contribution is -0.141. The lowest BCUT2D eigenvalue weighted by atomic mass is 10.2. The Morgan fingerprint density at radius 1 is 1.35 bits per heavy atom. The van der Waals surface area contributed by atoms with Crippen LogP contribution in [0.2, 0.25) is 0 Å². The fraction of sp³-hybridized carbons (Fsp3) is 0.357. The van der Waals surface area contributed by atoms with Crippen LogP contribution >= 0.6 is 12.2 Å². The van der Waals surface area contributed by atoms with E-state index in [4.69, 9.17) is 17.0 Å². The van der Waals surface area contributed by atoms with Gasteiger partial charge in [-0.05, 0) is 45.1 Å². The molecule has 1 rings (SSSR count). The molecule has 20 heavy (non-hydrogen) atoms. The van der Waals surface area contributed by atoms with Crippen LogP contribution in [0.25, 0.3) is 0 Å². The summed E-state index contributed by atoms with van der Waals surface area (Å²) in [6.45, 7) is 5.89. The van der Waals surface area contributed by atoms with E-state index in [2.05, 4.69) is 15.8 Å². The first kappa shape index (κ1) is 16.1. The normalized spacial score (nSPS) is 10.8. The minimum atomic E-state index is -0.298. The molecule has 0 saturated heterocycles. The van der Waals surface area contributed by atoms with E-state index in [-0.39, 0.29) is 12.4 Å². The fourth-order valence-electron chi connectivity index (χ4n) is 1.40. The number of nitrogens with one attached hydrogen (secondary N) is 2. The third-order valence-electron chi connectivity index (χ3n) is 2.36. The minimum Gasteiger partial charge on any atom is -0.466 e. The van der Waals surface area contributed by atoms with E-state index >= 15 is 0 Å². The molecule has 108 valence electrons. The zero-order valence-electron chi connectivity index (χ0n) is 11.9. The van der Waals surface area contributed by atoms with Gasteiger partial charge in [0, 0.05) is 11.4 Å². The van der Waals surface area contributed by atoms with E-state index < -0.39 is 0 Å². The van der Waals surface area contributed by atoms with Crippen molar-refractivity contribution in [1.82, 2.24) is 5.43 Å². The summed E-state index contributed by atoms with van der Waals surface area (Å²) in [5.74, 6) is -0.298. The van der Waals surface area contributed by atoms with Gasteiger partial charge in [0.1, 0.15) is 0 Å². The van der Waals surface area contributed by atoms with Crippen molar-refractivity contribution < 1.29 is 9.53 Å². The van der Waals surface area contributed by atoms with E-state index in [9.17, 15) is 4.79 Å². The van der Waals surface area contributed by atoms with Gasteiger partial charge in [-0.25, -0.2) is 0 Å². The highest BCUT2D eigenvalue weighted by atomic mass is 32.1. The number of anilines is 1. The Morgan fingerprint density at radius 3 is 2.60 bits per heavy atom. The maximum atomic E-state index is 11.2. The Labute approximate surface area is 124 Å². The maximum Gasteiger partial charge on any atom is 0.311 e. The first-order chi connectivity index (χ1) is 9.51. The van der Waals surface area contributed by atoms with Crippen LogP contribution in [0, 0.1) is 6.92 Å². The van der Waals surface area contributed by atoms with Crippen LogP contribution in [0.15, 0.2) is 29.4 Å². The van der Waals surface area contributed by atoms with Crippen LogP contribution in [-0.2, 0) is 9.53 Å². The van der Waals surface area contributed by atoms with Crippen molar-refractivity contribution in [3.63, 3.8) is 0 Å². The van der Waals surface area contributed by atoms with Crippen molar-refractivity contribution in [1.29, 1.82) is 0 Å². The Morgan fingerprint density at radius 2 is 2.00 bits per heavy atom. The molecular weight excluding hydrogens is 274 g/mol. The van der Waals surface area contributed by atoms with E-state index in [0.29, 0.717) is 17.4 Å². The SMILES string of the molecule is CCOC(=O)CC(C)=NNC(=S)Nc1ccc(C)cc1. The first-order valence-corrected chi connectivity index (χ1v) is 6.74. The number of esters is 1. The monoisotopic (exact) mass is 293 g/mol. The standard InChI is InChI=1S/C14H19N3O2S/c1-4-19-13(18)9-11(3)16-17-14(20)15-12-7-5-10(2)6-8-12/h5-8H,4,9H2,1-3H3,(H2,15,17,20). The van der Waals surface area contributed by atoms with Gasteiger partial charge in [-0.3, -0.25) is 10.2 Å². The van der Waals surface area contributed by atoms with E-state index in [1.807, 2.05) is 31.2 Å². The van der Waals surface area contributed by atoms with Crippen LogP contribution < -0.4 is 10.7 Å². The number of benzene rings is 1. The largest absolute Gasteiger partial charge is 0.466 e. The molecule has 0 bridgehead atoms. The van der Waals surface area contributed by atoms with Gasteiger partial charge in [0.05, 0.1) is 13.0 Å². The second kappa shape index (κ2) is 8.27. The molecule has 1 aromatic rings. The third kappa shape index (κ3) is 6.29. The number of hydrogen-bond acceptors (Lipinski definition) is 4. The number of hydrazone groups is 1. The highest BCUT2D eigenvalue weighted by Gasteiger charge is 2.04. The summed E-state index contributed by atoms with van der Waals surface area (Å²) in [6, 6.07) is 7.83. The number of ether oxygens (including phenoxy) is 1.